The highest BCUT2D eigenvalue weighted by molar-refractivity contribution is 7.10. The minimum absolute atomic E-state index is 0.219. The predicted molar refractivity (Wildman–Crippen MR) is 109 cm³/mol. The zero-order valence-corrected chi connectivity index (χ0v) is 16.6. The summed E-state index contributed by atoms with van der Waals surface area (Å²) in [7, 11) is 0. The smallest absolute Gasteiger partial charge is 0.315 e. The molecule has 0 aliphatic carbocycles. The molecule has 1 saturated heterocycles. The third-order valence-corrected chi connectivity index (χ3v) is 5.81. The molecule has 2 N–H and O–H groups in total. The summed E-state index contributed by atoms with van der Waals surface area (Å²) in [5.41, 5.74) is 0.828. The molecule has 0 spiro atoms. The van der Waals surface area contributed by atoms with Crippen LogP contribution in [0.25, 0.3) is 0 Å². The number of carbonyl (C=O) groups excluding carboxylic acids is 2. The van der Waals surface area contributed by atoms with E-state index in [1.54, 1.807) is 23.5 Å². The average Bonchev–Trinajstić information content (AvgIpc) is 3.14. The Bertz CT molecular complexity index is 764. The van der Waals surface area contributed by atoms with Crippen LogP contribution in [0.4, 0.5) is 9.18 Å². The molecule has 1 aromatic carbocycles. The number of nitrogens with one attached hydrogen (secondary N) is 2. The van der Waals surface area contributed by atoms with Crippen LogP contribution in [0.3, 0.4) is 0 Å². The van der Waals surface area contributed by atoms with Gasteiger partial charge in [-0.3, -0.25) is 4.79 Å². The molecule has 1 aliphatic rings. The van der Waals surface area contributed by atoms with Crippen molar-refractivity contribution in [1.29, 1.82) is 0 Å². The Morgan fingerprint density at radius 3 is 2.75 bits per heavy atom. The summed E-state index contributed by atoms with van der Waals surface area (Å²) in [6.45, 7) is 1.98. The largest absolute Gasteiger partial charge is 0.343 e. The second-order valence-corrected chi connectivity index (χ2v) is 7.92. The minimum Gasteiger partial charge on any atom is -0.343 e. The summed E-state index contributed by atoms with van der Waals surface area (Å²) in [5.74, 6) is -0.0859. The van der Waals surface area contributed by atoms with Crippen molar-refractivity contribution in [3.05, 3.63) is 58.0 Å². The van der Waals surface area contributed by atoms with E-state index < -0.39 is 0 Å². The predicted octanol–water partition coefficient (Wildman–Crippen LogP) is 4.07. The van der Waals surface area contributed by atoms with Gasteiger partial charge >= 0.3 is 6.03 Å². The van der Waals surface area contributed by atoms with Crippen LogP contribution in [-0.4, -0.2) is 36.5 Å². The molecule has 1 aromatic heterocycles. The lowest BCUT2D eigenvalue weighted by atomic mass is 10.1. The number of thiophene rings is 1. The number of urea groups is 1. The van der Waals surface area contributed by atoms with Crippen molar-refractivity contribution >= 4 is 23.3 Å². The van der Waals surface area contributed by atoms with Gasteiger partial charge in [0, 0.05) is 30.9 Å². The maximum absolute atomic E-state index is 13.2. The third-order valence-electron chi connectivity index (χ3n) is 4.87. The maximum atomic E-state index is 13.2. The molecule has 5 nitrogen and oxygen atoms in total. The van der Waals surface area contributed by atoms with Crippen LogP contribution in [0, 0.1) is 5.82 Å². The van der Waals surface area contributed by atoms with Gasteiger partial charge < -0.3 is 15.5 Å². The summed E-state index contributed by atoms with van der Waals surface area (Å²) in [6, 6.07) is 9.44. The first kappa shape index (κ1) is 20.3. The van der Waals surface area contributed by atoms with Crippen LogP contribution in [0.5, 0.6) is 0 Å². The Morgan fingerprint density at radius 1 is 1.18 bits per heavy atom. The lowest BCUT2D eigenvalue weighted by Crippen LogP contribution is -2.40. The second-order valence-electron chi connectivity index (χ2n) is 6.95. The van der Waals surface area contributed by atoms with E-state index >= 15 is 0 Å². The van der Waals surface area contributed by atoms with Crippen LogP contribution in [-0.2, 0) is 4.79 Å². The van der Waals surface area contributed by atoms with Crippen LogP contribution in [0.2, 0.25) is 0 Å². The molecule has 0 radical (unpaired) electrons. The molecule has 3 amide bonds. The van der Waals surface area contributed by atoms with Gasteiger partial charge in [0.2, 0.25) is 5.91 Å². The highest BCUT2D eigenvalue weighted by Gasteiger charge is 2.19. The first-order chi connectivity index (χ1) is 13.6. The molecule has 0 saturated carbocycles. The number of carbonyl (C=O) groups is 2. The normalized spacial score (nSPS) is 15.8. The SMILES string of the molecule is O=C(NCCCN1CCCCCC1=O)N[C@@H](c1ccc(F)cc1)c1cccs1. The van der Waals surface area contributed by atoms with E-state index in [0.29, 0.717) is 19.5 Å². The molecule has 7 heteroatoms. The molecule has 2 heterocycles. The van der Waals surface area contributed by atoms with Crippen molar-refractivity contribution in [3.63, 3.8) is 0 Å². The Balaban J connectivity index is 1.50. The lowest BCUT2D eigenvalue weighted by molar-refractivity contribution is -0.130. The third kappa shape index (κ3) is 5.79. The molecule has 150 valence electrons. The molecular weight excluding hydrogens is 377 g/mol. The van der Waals surface area contributed by atoms with Gasteiger partial charge in [-0.2, -0.15) is 0 Å². The van der Waals surface area contributed by atoms with Crippen LogP contribution in [0.15, 0.2) is 41.8 Å². The standard InChI is InChI=1S/C21H26FN3O2S/c22-17-10-8-16(9-11-17)20(18-6-4-15-28-18)24-21(27)23-12-5-14-25-13-3-1-2-7-19(25)26/h4,6,8-11,15,20H,1-3,5,7,12-14H2,(H2,23,24,27)/t20-/m0/s1. The minimum atomic E-state index is -0.326. The molecule has 1 fully saturated rings. The number of halogens is 1. The van der Waals surface area contributed by atoms with Crippen molar-refractivity contribution in [2.75, 3.05) is 19.6 Å². The van der Waals surface area contributed by atoms with E-state index in [0.717, 1.165) is 42.7 Å². The van der Waals surface area contributed by atoms with Gasteiger partial charge in [0.1, 0.15) is 5.82 Å². The number of hydrogen-bond donors (Lipinski definition) is 2. The first-order valence-electron chi connectivity index (χ1n) is 9.74. The summed E-state index contributed by atoms with van der Waals surface area (Å²) in [4.78, 5) is 27.3. The number of rotatable bonds is 7. The molecular formula is C21H26FN3O2S. The molecule has 28 heavy (non-hydrogen) atoms. The summed E-state index contributed by atoms with van der Waals surface area (Å²) < 4.78 is 13.2. The van der Waals surface area contributed by atoms with E-state index in [1.807, 2.05) is 22.4 Å². The summed E-state index contributed by atoms with van der Waals surface area (Å²) >= 11 is 1.54. The fourth-order valence-electron chi connectivity index (χ4n) is 3.36. The Morgan fingerprint density at radius 2 is 2.00 bits per heavy atom. The maximum Gasteiger partial charge on any atom is 0.315 e. The van der Waals surface area contributed by atoms with Gasteiger partial charge in [0.25, 0.3) is 0 Å². The second kappa shape index (κ2) is 10.2. The molecule has 0 bridgehead atoms. The molecule has 0 unspecified atom stereocenters. The number of nitrogens with zero attached hydrogens (tertiary/aromatic N) is 1. The fourth-order valence-corrected chi connectivity index (χ4v) is 4.16. The number of benzene rings is 1. The summed E-state index contributed by atoms with van der Waals surface area (Å²) in [5, 5.41) is 7.79. The van der Waals surface area contributed by atoms with E-state index in [2.05, 4.69) is 10.6 Å². The summed E-state index contributed by atoms with van der Waals surface area (Å²) in [6.07, 6.45) is 4.49. The topological polar surface area (TPSA) is 61.4 Å². The zero-order valence-electron chi connectivity index (χ0n) is 15.8. The number of likely N-dealkylation sites (tertiary alicyclic amines) is 1. The van der Waals surface area contributed by atoms with Crippen LogP contribution < -0.4 is 10.6 Å². The van der Waals surface area contributed by atoms with Gasteiger partial charge in [0.15, 0.2) is 0 Å². The van der Waals surface area contributed by atoms with Crippen molar-refractivity contribution in [3.8, 4) is 0 Å². The lowest BCUT2D eigenvalue weighted by Gasteiger charge is -2.21. The van der Waals surface area contributed by atoms with Crippen molar-refractivity contribution in [2.24, 2.45) is 0 Å². The highest BCUT2D eigenvalue weighted by atomic mass is 32.1. The molecule has 2 aromatic rings. The number of hydrogen-bond acceptors (Lipinski definition) is 3. The highest BCUT2D eigenvalue weighted by Crippen LogP contribution is 2.26. The number of amides is 3. The van der Waals surface area contributed by atoms with Crippen molar-refractivity contribution in [2.45, 2.75) is 38.1 Å². The van der Waals surface area contributed by atoms with E-state index in [9.17, 15) is 14.0 Å². The molecule has 1 atom stereocenters. The molecule has 3 rings (SSSR count). The van der Waals surface area contributed by atoms with E-state index in [1.165, 1.54) is 12.1 Å². The Labute approximate surface area is 168 Å². The zero-order chi connectivity index (χ0) is 19.8. The molecule has 1 aliphatic heterocycles. The van der Waals surface area contributed by atoms with Crippen LogP contribution >= 0.6 is 11.3 Å². The van der Waals surface area contributed by atoms with Gasteiger partial charge in [-0.1, -0.05) is 24.6 Å². The van der Waals surface area contributed by atoms with Crippen molar-refractivity contribution < 1.29 is 14.0 Å². The van der Waals surface area contributed by atoms with E-state index in [-0.39, 0.29) is 23.8 Å². The Kier molecular flexibility index (Phi) is 7.42. The quantitative estimate of drug-likeness (QED) is 0.685. The van der Waals surface area contributed by atoms with Gasteiger partial charge in [0.05, 0.1) is 6.04 Å². The van der Waals surface area contributed by atoms with Gasteiger partial charge in [-0.15, -0.1) is 11.3 Å². The Hall–Kier alpha value is -2.41. The van der Waals surface area contributed by atoms with Gasteiger partial charge in [-0.05, 0) is 48.4 Å². The van der Waals surface area contributed by atoms with Gasteiger partial charge in [-0.25, -0.2) is 9.18 Å². The first-order valence-corrected chi connectivity index (χ1v) is 10.6. The van der Waals surface area contributed by atoms with Crippen molar-refractivity contribution in [1.82, 2.24) is 15.5 Å². The fraction of sp³-hybridized carbons (Fsp3) is 0.429. The average molecular weight is 404 g/mol. The monoisotopic (exact) mass is 403 g/mol. The van der Waals surface area contributed by atoms with E-state index in [4.69, 9.17) is 0 Å². The van der Waals surface area contributed by atoms with Crippen LogP contribution in [0.1, 0.15) is 48.6 Å².